The molecule has 0 aliphatic carbocycles. The van der Waals surface area contributed by atoms with Gasteiger partial charge in [-0.05, 0) is 6.42 Å². The number of carbonyl (C=O) groups excluding carboxylic acids is 1. The molecule has 1 amide bonds. The second-order valence-electron chi connectivity index (χ2n) is 3.03. The summed E-state index contributed by atoms with van der Waals surface area (Å²) in [5.74, 6) is -0.535. The van der Waals surface area contributed by atoms with Crippen molar-refractivity contribution in [3.8, 4) is 0 Å². The minimum absolute atomic E-state index is 0.258. The van der Waals surface area contributed by atoms with Crippen LogP contribution in [0.3, 0.4) is 0 Å². The summed E-state index contributed by atoms with van der Waals surface area (Å²) in [4.78, 5) is 11.1. The standard InChI is InChI=1S/C8H13BrF3NO2/c1-6(9)2-3-13-7(14)4-15-5-8(10,11)12/h6H,2-5H2,1H3,(H,13,14). The summed E-state index contributed by atoms with van der Waals surface area (Å²) >= 11 is 3.27. The van der Waals surface area contributed by atoms with E-state index in [1.165, 1.54) is 0 Å². The molecule has 3 nitrogen and oxygen atoms in total. The minimum atomic E-state index is -4.38. The van der Waals surface area contributed by atoms with Gasteiger partial charge >= 0.3 is 6.18 Å². The summed E-state index contributed by atoms with van der Waals surface area (Å²) < 4.78 is 39.0. The first kappa shape index (κ1) is 14.7. The molecule has 1 unspecified atom stereocenters. The molecule has 7 heteroatoms. The van der Waals surface area contributed by atoms with Crippen molar-refractivity contribution in [3.05, 3.63) is 0 Å². The maximum absolute atomic E-state index is 11.6. The van der Waals surface area contributed by atoms with Crippen LogP contribution >= 0.6 is 15.9 Å². The molecule has 0 saturated carbocycles. The molecule has 15 heavy (non-hydrogen) atoms. The molecule has 0 saturated heterocycles. The van der Waals surface area contributed by atoms with Crippen molar-refractivity contribution in [2.45, 2.75) is 24.3 Å². The quantitative estimate of drug-likeness (QED) is 0.759. The fraction of sp³-hybridized carbons (Fsp3) is 0.875. The summed E-state index contributed by atoms with van der Waals surface area (Å²) in [5.41, 5.74) is 0. The van der Waals surface area contributed by atoms with Crippen molar-refractivity contribution >= 4 is 21.8 Å². The van der Waals surface area contributed by atoms with E-state index in [9.17, 15) is 18.0 Å². The Labute approximate surface area is 94.5 Å². The largest absolute Gasteiger partial charge is 0.411 e. The summed E-state index contributed by atoms with van der Waals surface area (Å²) in [6.45, 7) is 0.373. The van der Waals surface area contributed by atoms with E-state index >= 15 is 0 Å². The average Bonchev–Trinajstić information content (AvgIpc) is 2.00. The Hall–Kier alpha value is -0.300. The van der Waals surface area contributed by atoms with E-state index in [2.05, 4.69) is 26.0 Å². The third-order valence-corrected chi connectivity index (χ3v) is 1.82. The van der Waals surface area contributed by atoms with Crippen molar-refractivity contribution in [2.24, 2.45) is 0 Å². The fourth-order valence-electron chi connectivity index (χ4n) is 0.721. The van der Waals surface area contributed by atoms with E-state index in [4.69, 9.17) is 0 Å². The van der Waals surface area contributed by atoms with Gasteiger partial charge in [-0.2, -0.15) is 13.2 Å². The van der Waals surface area contributed by atoms with Gasteiger partial charge in [0.05, 0.1) is 0 Å². The van der Waals surface area contributed by atoms with Gasteiger partial charge in [0.25, 0.3) is 0 Å². The molecule has 0 aromatic rings. The molecule has 1 N–H and O–H groups in total. The molecule has 90 valence electrons. The van der Waals surface area contributed by atoms with Crippen LogP contribution < -0.4 is 5.32 Å². The molecular weight excluding hydrogens is 279 g/mol. The van der Waals surface area contributed by atoms with Gasteiger partial charge in [-0.3, -0.25) is 4.79 Å². The number of amides is 1. The normalized spacial score (nSPS) is 13.7. The highest BCUT2D eigenvalue weighted by atomic mass is 79.9. The number of hydrogen-bond acceptors (Lipinski definition) is 2. The topological polar surface area (TPSA) is 38.3 Å². The molecule has 0 bridgehead atoms. The van der Waals surface area contributed by atoms with Gasteiger partial charge in [0.2, 0.25) is 5.91 Å². The van der Waals surface area contributed by atoms with Crippen molar-refractivity contribution in [1.82, 2.24) is 5.32 Å². The molecule has 0 fully saturated rings. The smallest absolute Gasteiger partial charge is 0.362 e. The zero-order chi connectivity index (χ0) is 11.9. The zero-order valence-electron chi connectivity index (χ0n) is 8.23. The fourth-order valence-corrected chi connectivity index (χ4v) is 0.950. The van der Waals surface area contributed by atoms with Crippen molar-refractivity contribution in [1.29, 1.82) is 0 Å². The van der Waals surface area contributed by atoms with Gasteiger partial charge in [-0.25, -0.2) is 0 Å². The lowest BCUT2D eigenvalue weighted by atomic mass is 10.3. The third-order valence-electron chi connectivity index (χ3n) is 1.36. The Morgan fingerprint density at radius 1 is 1.53 bits per heavy atom. The Morgan fingerprint density at radius 2 is 2.13 bits per heavy atom. The summed E-state index contributed by atoms with van der Waals surface area (Å²) in [6.07, 6.45) is -3.67. The zero-order valence-corrected chi connectivity index (χ0v) is 9.82. The molecule has 0 heterocycles. The maximum Gasteiger partial charge on any atom is 0.411 e. The Balaban J connectivity index is 3.42. The predicted molar refractivity (Wildman–Crippen MR) is 52.9 cm³/mol. The van der Waals surface area contributed by atoms with Gasteiger partial charge in [0, 0.05) is 11.4 Å². The van der Waals surface area contributed by atoms with Crippen LogP contribution in [0.25, 0.3) is 0 Å². The van der Waals surface area contributed by atoms with Gasteiger partial charge in [0.15, 0.2) is 0 Å². The molecular formula is C8H13BrF3NO2. The van der Waals surface area contributed by atoms with Crippen molar-refractivity contribution in [3.63, 3.8) is 0 Å². The first-order valence-corrected chi connectivity index (χ1v) is 5.28. The van der Waals surface area contributed by atoms with Gasteiger partial charge in [0.1, 0.15) is 13.2 Å². The summed E-state index contributed by atoms with van der Waals surface area (Å²) in [7, 11) is 0. The van der Waals surface area contributed by atoms with Crippen LogP contribution in [-0.4, -0.2) is 36.7 Å². The Kier molecular flexibility index (Phi) is 6.91. The summed E-state index contributed by atoms with van der Waals surface area (Å²) in [6, 6.07) is 0. The van der Waals surface area contributed by atoms with Crippen LogP contribution in [0.2, 0.25) is 0 Å². The molecule has 0 aliphatic rings. The van der Waals surface area contributed by atoms with Gasteiger partial charge in [-0.1, -0.05) is 22.9 Å². The van der Waals surface area contributed by atoms with Crippen LogP contribution in [0.5, 0.6) is 0 Å². The summed E-state index contributed by atoms with van der Waals surface area (Å²) in [5, 5.41) is 2.44. The SMILES string of the molecule is CC(Br)CCNC(=O)COCC(F)(F)F. The highest BCUT2D eigenvalue weighted by Crippen LogP contribution is 2.13. The van der Waals surface area contributed by atoms with Crippen LogP contribution in [0.1, 0.15) is 13.3 Å². The van der Waals surface area contributed by atoms with Gasteiger partial charge in [-0.15, -0.1) is 0 Å². The lowest BCUT2D eigenvalue weighted by Crippen LogP contribution is -2.31. The van der Waals surface area contributed by atoms with Gasteiger partial charge < -0.3 is 10.1 Å². The number of halogens is 4. The second-order valence-corrected chi connectivity index (χ2v) is 4.59. The molecule has 0 rings (SSSR count). The minimum Gasteiger partial charge on any atom is -0.362 e. The number of rotatable bonds is 6. The number of alkyl halides is 4. The highest BCUT2D eigenvalue weighted by Gasteiger charge is 2.27. The predicted octanol–water partition coefficient (Wildman–Crippen LogP) is 1.85. The molecule has 0 aromatic heterocycles. The number of nitrogens with one attached hydrogen (secondary N) is 1. The van der Waals surface area contributed by atoms with Crippen LogP contribution in [0.4, 0.5) is 13.2 Å². The van der Waals surface area contributed by atoms with E-state index in [1.54, 1.807) is 0 Å². The van der Waals surface area contributed by atoms with E-state index < -0.39 is 25.3 Å². The Morgan fingerprint density at radius 3 is 2.60 bits per heavy atom. The number of hydrogen-bond donors (Lipinski definition) is 1. The molecule has 0 spiro atoms. The lowest BCUT2D eigenvalue weighted by Gasteiger charge is -2.08. The van der Waals surface area contributed by atoms with Crippen molar-refractivity contribution in [2.75, 3.05) is 19.8 Å². The molecule has 0 aliphatic heterocycles. The van der Waals surface area contributed by atoms with Crippen LogP contribution in [0.15, 0.2) is 0 Å². The highest BCUT2D eigenvalue weighted by molar-refractivity contribution is 9.09. The molecule has 1 atom stereocenters. The van der Waals surface area contributed by atoms with Crippen LogP contribution in [0, 0.1) is 0 Å². The Bertz CT molecular complexity index is 197. The van der Waals surface area contributed by atoms with E-state index in [-0.39, 0.29) is 4.83 Å². The van der Waals surface area contributed by atoms with E-state index in [1.807, 2.05) is 6.92 Å². The van der Waals surface area contributed by atoms with Crippen molar-refractivity contribution < 1.29 is 22.7 Å². The average molecular weight is 292 g/mol. The number of carbonyl (C=O) groups is 1. The third kappa shape index (κ3) is 11.6. The first-order chi connectivity index (χ1) is 6.81. The van der Waals surface area contributed by atoms with Crippen LogP contribution in [-0.2, 0) is 9.53 Å². The lowest BCUT2D eigenvalue weighted by molar-refractivity contribution is -0.175. The molecule has 0 aromatic carbocycles. The molecule has 0 radical (unpaired) electrons. The second kappa shape index (κ2) is 7.05. The first-order valence-electron chi connectivity index (χ1n) is 4.36. The monoisotopic (exact) mass is 291 g/mol. The maximum atomic E-state index is 11.6. The van der Waals surface area contributed by atoms with E-state index in [0.717, 1.165) is 0 Å². The van der Waals surface area contributed by atoms with E-state index in [0.29, 0.717) is 13.0 Å². The number of ether oxygens (including phenoxy) is 1.